The normalized spacial score (nSPS) is 11.0. The Morgan fingerprint density at radius 3 is 2.14 bits per heavy atom. The van der Waals surface area contributed by atoms with Crippen LogP contribution < -0.4 is 5.32 Å². The molecule has 0 aliphatic rings. The number of nitrogens with zero attached hydrogens (tertiary/aromatic N) is 2. The van der Waals surface area contributed by atoms with Crippen molar-refractivity contribution in [3.05, 3.63) is 40.6 Å². The zero-order valence-electron chi connectivity index (χ0n) is 13.9. The van der Waals surface area contributed by atoms with E-state index in [1.165, 1.54) is 16.7 Å². The van der Waals surface area contributed by atoms with Gasteiger partial charge in [0.05, 0.1) is 0 Å². The van der Waals surface area contributed by atoms with E-state index >= 15 is 0 Å². The quantitative estimate of drug-likeness (QED) is 0.901. The number of benzene rings is 1. The minimum atomic E-state index is 0.589. The number of nitrogens with one attached hydrogen (secondary N) is 1. The molecule has 0 aliphatic heterocycles. The Morgan fingerprint density at radius 2 is 1.57 bits per heavy atom. The van der Waals surface area contributed by atoms with Crippen molar-refractivity contribution in [3.63, 3.8) is 0 Å². The summed E-state index contributed by atoms with van der Waals surface area (Å²) in [5.41, 5.74) is 5.88. The van der Waals surface area contributed by atoms with Crippen LogP contribution in [0.15, 0.2) is 18.2 Å². The first-order valence-electron chi connectivity index (χ1n) is 7.54. The van der Waals surface area contributed by atoms with Crippen molar-refractivity contribution in [3.8, 4) is 11.4 Å². The Labute approximate surface area is 127 Å². The molecule has 0 atom stereocenters. The van der Waals surface area contributed by atoms with E-state index in [1.807, 2.05) is 13.0 Å². The van der Waals surface area contributed by atoms with Crippen molar-refractivity contribution in [1.82, 2.24) is 9.97 Å². The summed E-state index contributed by atoms with van der Waals surface area (Å²) in [4.78, 5) is 9.34. The highest BCUT2D eigenvalue weighted by Gasteiger charge is 2.11. The SMILES string of the molecule is Cc1cc(C)c(-c2nc(C)cc(NCC(C)C)n2)c(C)c1. The second-order valence-electron chi connectivity index (χ2n) is 6.27. The fourth-order valence-corrected chi connectivity index (χ4v) is 2.61. The van der Waals surface area contributed by atoms with Crippen LogP contribution in [0.5, 0.6) is 0 Å². The molecular weight excluding hydrogens is 258 g/mol. The van der Waals surface area contributed by atoms with E-state index in [2.05, 4.69) is 57.1 Å². The molecule has 1 aromatic heterocycles. The molecule has 0 aliphatic carbocycles. The van der Waals surface area contributed by atoms with Crippen LogP contribution >= 0.6 is 0 Å². The largest absolute Gasteiger partial charge is 0.370 e. The van der Waals surface area contributed by atoms with Crippen molar-refractivity contribution in [2.75, 3.05) is 11.9 Å². The zero-order valence-corrected chi connectivity index (χ0v) is 13.9. The topological polar surface area (TPSA) is 37.8 Å². The third-order valence-electron chi connectivity index (χ3n) is 3.45. The first-order valence-corrected chi connectivity index (χ1v) is 7.54. The van der Waals surface area contributed by atoms with Crippen LogP contribution in [-0.2, 0) is 0 Å². The molecule has 0 radical (unpaired) electrons. The summed E-state index contributed by atoms with van der Waals surface area (Å²) >= 11 is 0. The first kappa shape index (κ1) is 15.5. The maximum absolute atomic E-state index is 4.70. The molecule has 1 heterocycles. The average molecular weight is 283 g/mol. The highest BCUT2D eigenvalue weighted by molar-refractivity contribution is 5.66. The highest BCUT2D eigenvalue weighted by atomic mass is 15.0. The Morgan fingerprint density at radius 1 is 0.952 bits per heavy atom. The molecule has 3 nitrogen and oxygen atoms in total. The molecule has 0 amide bonds. The maximum Gasteiger partial charge on any atom is 0.162 e. The third kappa shape index (κ3) is 3.81. The molecular formula is C18H25N3. The van der Waals surface area contributed by atoms with E-state index < -0.39 is 0 Å². The van der Waals surface area contributed by atoms with Crippen molar-refractivity contribution < 1.29 is 0 Å². The van der Waals surface area contributed by atoms with Gasteiger partial charge in [-0.25, -0.2) is 9.97 Å². The summed E-state index contributed by atoms with van der Waals surface area (Å²) in [5, 5.41) is 3.39. The Balaban J connectivity index is 2.45. The van der Waals surface area contributed by atoms with E-state index in [0.29, 0.717) is 5.92 Å². The van der Waals surface area contributed by atoms with Crippen LogP contribution in [0.4, 0.5) is 5.82 Å². The molecule has 2 aromatic rings. The Kier molecular flexibility index (Phi) is 4.61. The lowest BCUT2D eigenvalue weighted by atomic mass is 9.99. The molecule has 1 N–H and O–H groups in total. The third-order valence-corrected chi connectivity index (χ3v) is 3.45. The van der Waals surface area contributed by atoms with Gasteiger partial charge in [-0.05, 0) is 44.7 Å². The van der Waals surface area contributed by atoms with E-state index in [-0.39, 0.29) is 0 Å². The Hall–Kier alpha value is -1.90. The van der Waals surface area contributed by atoms with E-state index in [4.69, 9.17) is 4.98 Å². The molecule has 0 saturated heterocycles. The summed E-state index contributed by atoms with van der Waals surface area (Å²) in [6.07, 6.45) is 0. The number of hydrogen-bond acceptors (Lipinski definition) is 3. The molecule has 2 rings (SSSR count). The lowest BCUT2D eigenvalue weighted by molar-refractivity contribution is 0.686. The maximum atomic E-state index is 4.70. The minimum Gasteiger partial charge on any atom is -0.370 e. The average Bonchev–Trinajstić information content (AvgIpc) is 2.34. The fraction of sp³-hybridized carbons (Fsp3) is 0.444. The van der Waals surface area contributed by atoms with Crippen LogP contribution in [0.2, 0.25) is 0 Å². The summed E-state index contributed by atoms with van der Waals surface area (Å²) in [5.74, 6) is 2.31. The smallest absolute Gasteiger partial charge is 0.162 e. The van der Waals surface area contributed by atoms with Gasteiger partial charge >= 0.3 is 0 Å². The predicted octanol–water partition coefficient (Wildman–Crippen LogP) is 4.45. The second kappa shape index (κ2) is 6.25. The number of rotatable bonds is 4. The van der Waals surface area contributed by atoms with E-state index in [0.717, 1.165) is 29.4 Å². The van der Waals surface area contributed by atoms with Gasteiger partial charge in [-0.15, -0.1) is 0 Å². The van der Waals surface area contributed by atoms with Crippen LogP contribution in [-0.4, -0.2) is 16.5 Å². The molecule has 0 spiro atoms. The van der Waals surface area contributed by atoms with Crippen LogP contribution in [0.1, 0.15) is 36.2 Å². The molecule has 0 saturated carbocycles. The number of aryl methyl sites for hydroxylation is 4. The lowest BCUT2D eigenvalue weighted by Gasteiger charge is -2.13. The highest BCUT2D eigenvalue weighted by Crippen LogP contribution is 2.26. The number of hydrogen-bond donors (Lipinski definition) is 1. The second-order valence-corrected chi connectivity index (χ2v) is 6.27. The van der Waals surface area contributed by atoms with Gasteiger partial charge in [0.25, 0.3) is 0 Å². The molecule has 0 fully saturated rings. The summed E-state index contributed by atoms with van der Waals surface area (Å²) in [6, 6.07) is 6.38. The van der Waals surface area contributed by atoms with Crippen molar-refractivity contribution in [1.29, 1.82) is 0 Å². The summed E-state index contributed by atoms with van der Waals surface area (Å²) < 4.78 is 0. The monoisotopic (exact) mass is 283 g/mol. The lowest BCUT2D eigenvalue weighted by Crippen LogP contribution is -2.10. The van der Waals surface area contributed by atoms with E-state index in [9.17, 15) is 0 Å². The van der Waals surface area contributed by atoms with Gasteiger partial charge < -0.3 is 5.32 Å². The summed E-state index contributed by atoms with van der Waals surface area (Å²) in [6.45, 7) is 13.7. The molecule has 112 valence electrons. The fourth-order valence-electron chi connectivity index (χ4n) is 2.61. The molecule has 21 heavy (non-hydrogen) atoms. The van der Waals surface area contributed by atoms with Crippen molar-refractivity contribution in [2.45, 2.75) is 41.5 Å². The van der Waals surface area contributed by atoms with Gasteiger partial charge in [-0.2, -0.15) is 0 Å². The molecule has 1 aromatic carbocycles. The van der Waals surface area contributed by atoms with Crippen molar-refractivity contribution >= 4 is 5.82 Å². The number of anilines is 1. The van der Waals surface area contributed by atoms with Crippen LogP contribution in [0.25, 0.3) is 11.4 Å². The van der Waals surface area contributed by atoms with Crippen LogP contribution in [0, 0.1) is 33.6 Å². The van der Waals surface area contributed by atoms with Gasteiger partial charge in [-0.3, -0.25) is 0 Å². The standard InChI is InChI=1S/C18H25N3/c1-11(2)10-19-16-9-15(6)20-18(21-16)17-13(4)7-12(3)8-14(17)5/h7-9,11H,10H2,1-6H3,(H,19,20,21). The van der Waals surface area contributed by atoms with Gasteiger partial charge in [0.1, 0.15) is 5.82 Å². The van der Waals surface area contributed by atoms with Gasteiger partial charge in [-0.1, -0.05) is 31.5 Å². The predicted molar refractivity (Wildman–Crippen MR) is 89.7 cm³/mol. The zero-order chi connectivity index (χ0) is 15.6. The van der Waals surface area contributed by atoms with Gasteiger partial charge in [0.2, 0.25) is 0 Å². The van der Waals surface area contributed by atoms with Gasteiger partial charge in [0, 0.05) is 23.9 Å². The van der Waals surface area contributed by atoms with Gasteiger partial charge in [0.15, 0.2) is 5.82 Å². The minimum absolute atomic E-state index is 0.589. The summed E-state index contributed by atoms with van der Waals surface area (Å²) in [7, 11) is 0. The molecule has 3 heteroatoms. The van der Waals surface area contributed by atoms with Crippen LogP contribution in [0.3, 0.4) is 0 Å². The molecule has 0 bridgehead atoms. The first-order chi connectivity index (χ1) is 9.86. The molecule has 0 unspecified atom stereocenters. The Bertz CT molecular complexity index is 622. The van der Waals surface area contributed by atoms with E-state index in [1.54, 1.807) is 0 Å². The van der Waals surface area contributed by atoms with Crippen molar-refractivity contribution in [2.24, 2.45) is 5.92 Å². The number of aromatic nitrogens is 2.